The van der Waals surface area contributed by atoms with Gasteiger partial charge in [-0.05, 0) is 18.2 Å². The van der Waals surface area contributed by atoms with E-state index >= 15 is 0 Å². The molecule has 0 aliphatic carbocycles. The SMILES string of the molecule is Cn1ncc2c(Oc3cccc(Oc4ccccn4)c3)ncnc21. The molecular weight excluding hydrogens is 306 g/mol. The van der Waals surface area contributed by atoms with E-state index in [1.807, 2.05) is 37.4 Å². The van der Waals surface area contributed by atoms with Gasteiger partial charge in [0.05, 0.1) is 6.20 Å². The number of benzene rings is 1. The van der Waals surface area contributed by atoms with Crippen molar-refractivity contribution < 1.29 is 9.47 Å². The van der Waals surface area contributed by atoms with Crippen LogP contribution in [0.1, 0.15) is 0 Å². The number of hydrogen-bond donors (Lipinski definition) is 0. The van der Waals surface area contributed by atoms with Gasteiger partial charge in [0.2, 0.25) is 11.8 Å². The van der Waals surface area contributed by atoms with Gasteiger partial charge in [-0.25, -0.2) is 15.0 Å². The van der Waals surface area contributed by atoms with Gasteiger partial charge in [0, 0.05) is 25.4 Å². The fourth-order valence-electron chi connectivity index (χ4n) is 2.26. The molecule has 0 atom stereocenters. The molecular formula is C17H13N5O2. The van der Waals surface area contributed by atoms with Gasteiger partial charge < -0.3 is 9.47 Å². The lowest BCUT2D eigenvalue weighted by molar-refractivity contribution is 0.444. The summed E-state index contributed by atoms with van der Waals surface area (Å²) in [4.78, 5) is 12.5. The largest absolute Gasteiger partial charge is 0.439 e. The summed E-state index contributed by atoms with van der Waals surface area (Å²) in [6, 6.07) is 12.8. The first-order valence-corrected chi connectivity index (χ1v) is 7.29. The second-order valence-electron chi connectivity index (χ2n) is 5.03. The lowest BCUT2D eigenvalue weighted by Gasteiger charge is -2.08. The number of hydrogen-bond acceptors (Lipinski definition) is 6. The van der Waals surface area contributed by atoms with E-state index in [0.29, 0.717) is 28.9 Å². The van der Waals surface area contributed by atoms with Gasteiger partial charge >= 0.3 is 0 Å². The molecule has 0 saturated heterocycles. The number of nitrogens with zero attached hydrogens (tertiary/aromatic N) is 5. The average molecular weight is 319 g/mol. The van der Waals surface area contributed by atoms with Gasteiger partial charge in [-0.1, -0.05) is 12.1 Å². The lowest BCUT2D eigenvalue weighted by Crippen LogP contribution is -1.94. The Balaban J connectivity index is 1.61. The molecule has 0 N–H and O–H groups in total. The van der Waals surface area contributed by atoms with Crippen LogP contribution in [0.25, 0.3) is 11.0 Å². The van der Waals surface area contributed by atoms with Crippen molar-refractivity contribution in [2.75, 3.05) is 0 Å². The van der Waals surface area contributed by atoms with Crippen molar-refractivity contribution in [1.82, 2.24) is 24.7 Å². The van der Waals surface area contributed by atoms with Crippen molar-refractivity contribution >= 4 is 11.0 Å². The molecule has 7 nitrogen and oxygen atoms in total. The molecule has 0 aliphatic heterocycles. The topological polar surface area (TPSA) is 75.0 Å². The summed E-state index contributed by atoms with van der Waals surface area (Å²) in [6.45, 7) is 0. The van der Waals surface area contributed by atoms with E-state index in [2.05, 4.69) is 20.1 Å². The van der Waals surface area contributed by atoms with E-state index in [-0.39, 0.29) is 0 Å². The van der Waals surface area contributed by atoms with Crippen molar-refractivity contribution in [3.63, 3.8) is 0 Å². The summed E-state index contributed by atoms with van der Waals surface area (Å²) >= 11 is 0. The van der Waals surface area contributed by atoms with E-state index in [4.69, 9.17) is 9.47 Å². The maximum atomic E-state index is 5.88. The molecule has 4 aromatic rings. The molecule has 0 saturated carbocycles. The zero-order valence-electron chi connectivity index (χ0n) is 12.8. The van der Waals surface area contributed by atoms with Crippen LogP contribution in [0.4, 0.5) is 0 Å². The fraction of sp³-hybridized carbons (Fsp3) is 0.0588. The Morgan fingerprint density at radius 3 is 2.62 bits per heavy atom. The predicted molar refractivity (Wildman–Crippen MR) is 87.1 cm³/mol. The van der Waals surface area contributed by atoms with Crippen LogP contribution in [-0.2, 0) is 7.05 Å². The minimum Gasteiger partial charge on any atom is -0.439 e. The summed E-state index contributed by atoms with van der Waals surface area (Å²) in [7, 11) is 1.82. The molecule has 0 unspecified atom stereocenters. The molecule has 118 valence electrons. The first kappa shape index (κ1) is 14.1. The smallest absolute Gasteiger partial charge is 0.233 e. The third-order valence-corrected chi connectivity index (χ3v) is 3.37. The monoisotopic (exact) mass is 319 g/mol. The van der Waals surface area contributed by atoms with Crippen LogP contribution in [-0.4, -0.2) is 24.7 Å². The fourth-order valence-corrected chi connectivity index (χ4v) is 2.26. The number of aryl methyl sites for hydroxylation is 1. The van der Waals surface area contributed by atoms with Gasteiger partial charge in [0.15, 0.2) is 5.65 Å². The van der Waals surface area contributed by atoms with Gasteiger partial charge in [-0.2, -0.15) is 5.10 Å². The third-order valence-electron chi connectivity index (χ3n) is 3.37. The molecule has 1 aromatic carbocycles. The number of aromatic nitrogens is 5. The highest BCUT2D eigenvalue weighted by Crippen LogP contribution is 2.29. The second-order valence-corrected chi connectivity index (χ2v) is 5.03. The molecule has 0 amide bonds. The van der Waals surface area contributed by atoms with Gasteiger partial charge in [-0.15, -0.1) is 0 Å². The minimum absolute atomic E-state index is 0.447. The second kappa shape index (κ2) is 5.96. The highest BCUT2D eigenvalue weighted by atomic mass is 16.5. The quantitative estimate of drug-likeness (QED) is 0.574. The minimum atomic E-state index is 0.447. The lowest BCUT2D eigenvalue weighted by atomic mass is 10.3. The van der Waals surface area contributed by atoms with Crippen molar-refractivity contribution in [2.45, 2.75) is 0 Å². The number of fused-ring (bicyclic) bond motifs is 1. The zero-order chi connectivity index (χ0) is 16.4. The van der Waals surface area contributed by atoms with E-state index in [9.17, 15) is 0 Å². The summed E-state index contributed by atoms with van der Waals surface area (Å²) in [5.41, 5.74) is 0.709. The molecule has 3 heterocycles. The van der Waals surface area contributed by atoms with Crippen LogP contribution in [0.5, 0.6) is 23.3 Å². The van der Waals surface area contributed by atoms with E-state index in [1.54, 1.807) is 29.2 Å². The first-order chi connectivity index (χ1) is 11.8. The van der Waals surface area contributed by atoms with Crippen LogP contribution >= 0.6 is 0 Å². The number of rotatable bonds is 4. The van der Waals surface area contributed by atoms with E-state index in [0.717, 1.165) is 5.39 Å². The Bertz CT molecular complexity index is 985. The Morgan fingerprint density at radius 2 is 1.79 bits per heavy atom. The van der Waals surface area contributed by atoms with E-state index in [1.165, 1.54) is 6.33 Å². The van der Waals surface area contributed by atoms with Crippen molar-refractivity contribution in [1.29, 1.82) is 0 Å². The molecule has 0 bridgehead atoms. The van der Waals surface area contributed by atoms with E-state index < -0.39 is 0 Å². The maximum Gasteiger partial charge on any atom is 0.233 e. The number of pyridine rings is 1. The predicted octanol–water partition coefficient (Wildman–Crippen LogP) is 3.34. The van der Waals surface area contributed by atoms with Gasteiger partial charge in [-0.3, -0.25) is 4.68 Å². The molecule has 0 radical (unpaired) electrons. The molecule has 4 rings (SSSR count). The molecule has 0 fully saturated rings. The molecule has 7 heteroatoms. The summed E-state index contributed by atoms with van der Waals surface area (Å²) < 4.78 is 13.3. The first-order valence-electron chi connectivity index (χ1n) is 7.29. The zero-order valence-corrected chi connectivity index (χ0v) is 12.8. The summed E-state index contributed by atoms with van der Waals surface area (Å²) in [5, 5.41) is 4.92. The molecule has 24 heavy (non-hydrogen) atoms. The molecule has 3 aromatic heterocycles. The average Bonchev–Trinajstić information content (AvgIpc) is 2.99. The molecule has 0 spiro atoms. The molecule has 0 aliphatic rings. The van der Waals surface area contributed by atoms with Crippen LogP contribution in [0.15, 0.2) is 61.2 Å². The standard InChI is InChI=1S/C17H13N5O2/c1-22-16-14(10-21-22)17(20-11-19-16)24-13-6-4-5-12(9-13)23-15-7-2-3-8-18-15/h2-11H,1H3. The Hall–Kier alpha value is -3.48. The number of ether oxygens (including phenoxy) is 2. The van der Waals surface area contributed by atoms with Crippen LogP contribution in [0.3, 0.4) is 0 Å². The highest BCUT2D eigenvalue weighted by Gasteiger charge is 2.10. The Morgan fingerprint density at radius 1 is 0.917 bits per heavy atom. The van der Waals surface area contributed by atoms with Gasteiger partial charge in [0.1, 0.15) is 23.2 Å². The highest BCUT2D eigenvalue weighted by molar-refractivity contribution is 5.79. The normalized spacial score (nSPS) is 10.7. The van der Waals surface area contributed by atoms with Crippen LogP contribution in [0.2, 0.25) is 0 Å². The van der Waals surface area contributed by atoms with Crippen LogP contribution in [0, 0.1) is 0 Å². The van der Waals surface area contributed by atoms with Crippen molar-refractivity contribution in [2.24, 2.45) is 7.05 Å². The van der Waals surface area contributed by atoms with Crippen molar-refractivity contribution in [3.05, 3.63) is 61.2 Å². The van der Waals surface area contributed by atoms with Gasteiger partial charge in [0.25, 0.3) is 0 Å². The summed E-state index contributed by atoms with van der Waals surface area (Å²) in [6.07, 6.45) is 4.81. The maximum absolute atomic E-state index is 5.88. The Labute approximate surface area is 137 Å². The van der Waals surface area contributed by atoms with Crippen molar-refractivity contribution in [3.8, 4) is 23.3 Å². The van der Waals surface area contributed by atoms with Crippen LogP contribution < -0.4 is 9.47 Å². The Kier molecular flexibility index (Phi) is 3.51. The summed E-state index contributed by atoms with van der Waals surface area (Å²) in [5.74, 6) is 2.20. The third kappa shape index (κ3) is 2.74.